The molecule has 0 bridgehead atoms. The number of hydrogen-bond donors (Lipinski definition) is 0. The zero-order valence-corrected chi connectivity index (χ0v) is 25.9. The van der Waals surface area contributed by atoms with Gasteiger partial charge in [-0.25, -0.2) is 9.34 Å². The highest BCUT2D eigenvalue weighted by Gasteiger charge is 2.39. The lowest BCUT2D eigenvalue weighted by atomic mass is 10.2. The molecule has 38 heavy (non-hydrogen) atoms. The van der Waals surface area contributed by atoms with E-state index in [2.05, 4.69) is 31.3 Å². The Balaban J connectivity index is 1.37. The van der Waals surface area contributed by atoms with Crippen LogP contribution in [0.1, 0.15) is 0 Å². The van der Waals surface area contributed by atoms with E-state index in [0.717, 1.165) is 73.8 Å². The van der Waals surface area contributed by atoms with Crippen LogP contribution in [0.15, 0.2) is 60.7 Å². The number of anilines is 2. The van der Waals surface area contributed by atoms with Crippen molar-refractivity contribution in [3.63, 3.8) is 0 Å². The van der Waals surface area contributed by atoms with Crippen LogP contribution in [-0.2, 0) is 11.8 Å². The van der Waals surface area contributed by atoms with Crippen molar-refractivity contribution in [1.29, 1.82) is 0 Å². The fourth-order valence-corrected chi connectivity index (χ4v) is 9.34. The molecule has 2 saturated heterocycles. The molecule has 12 heteroatoms. The van der Waals surface area contributed by atoms with Crippen LogP contribution < -0.4 is 14.3 Å². The zero-order valence-electron chi connectivity index (χ0n) is 20.4. The second-order valence-electron chi connectivity index (χ2n) is 9.12. The van der Waals surface area contributed by atoms with Gasteiger partial charge in [-0.15, -0.1) is 0 Å². The van der Waals surface area contributed by atoms with Gasteiger partial charge in [0.25, 0.3) is 6.57 Å². The molecule has 0 atom stereocenters. The summed E-state index contributed by atoms with van der Waals surface area (Å²) in [6.45, 7) is 3.51. The van der Waals surface area contributed by atoms with E-state index in [-0.39, 0.29) is 0 Å². The third kappa shape index (κ3) is 6.35. The second-order valence-corrected chi connectivity index (χ2v) is 14.9. The minimum absolute atomic E-state index is 0.377. The van der Waals surface area contributed by atoms with E-state index >= 15 is 0 Å². The minimum atomic E-state index is -2.70. The number of piperazine rings is 2. The van der Waals surface area contributed by atoms with Crippen LogP contribution in [0.5, 0.6) is 5.75 Å². The van der Waals surface area contributed by atoms with Crippen LogP contribution in [0.3, 0.4) is 0 Å². The Kier molecular flexibility index (Phi) is 9.26. The van der Waals surface area contributed by atoms with Gasteiger partial charge in [-0.3, -0.25) is 0 Å². The van der Waals surface area contributed by atoms with E-state index in [4.69, 9.17) is 74.3 Å². The van der Waals surface area contributed by atoms with Gasteiger partial charge in [0, 0.05) is 79.8 Å². The van der Waals surface area contributed by atoms with Gasteiger partial charge in [0.05, 0.1) is 15.1 Å². The Bertz CT molecular complexity index is 1280. The average Bonchev–Trinajstić information content (AvgIpc) is 2.92. The summed E-state index contributed by atoms with van der Waals surface area (Å²) in [5, 5.41) is 2.60. The molecule has 2 fully saturated rings. The van der Waals surface area contributed by atoms with Gasteiger partial charge in [0.1, 0.15) is 5.75 Å². The quantitative estimate of drug-likeness (QED) is 0.197. The molecule has 0 unspecified atom stereocenters. The van der Waals surface area contributed by atoms with Crippen LogP contribution >= 0.6 is 64.6 Å². The molecule has 0 amide bonds. The predicted octanol–water partition coefficient (Wildman–Crippen LogP) is 8.20. The molecule has 0 aromatic heterocycles. The summed E-state index contributed by atoms with van der Waals surface area (Å²) in [7, 11) is 0. The van der Waals surface area contributed by atoms with Crippen LogP contribution in [0, 0.1) is 0 Å². The number of hydrogen-bond acceptors (Lipinski definition) is 4. The minimum Gasteiger partial charge on any atom is -0.439 e. The summed E-state index contributed by atoms with van der Waals surface area (Å²) in [5.74, 6) is 0.457. The Hall–Kier alpha value is -0.920. The van der Waals surface area contributed by atoms with Crippen molar-refractivity contribution in [2.75, 3.05) is 62.2 Å². The lowest BCUT2D eigenvalue weighted by Gasteiger charge is -2.48. The van der Waals surface area contributed by atoms with E-state index in [1.54, 1.807) is 12.1 Å². The first-order valence-corrected chi connectivity index (χ1v) is 16.7. The maximum absolute atomic E-state index is 6.69. The first-order chi connectivity index (χ1) is 18.2. The molecule has 5 nitrogen and oxygen atoms in total. The molecule has 3 aromatic rings. The van der Waals surface area contributed by atoms with E-state index in [1.165, 1.54) is 0 Å². The van der Waals surface area contributed by atoms with Crippen molar-refractivity contribution in [2.24, 2.45) is 0 Å². The molecule has 0 saturated carbocycles. The summed E-state index contributed by atoms with van der Waals surface area (Å²) >= 11 is 38.0. The van der Waals surface area contributed by atoms with E-state index in [1.807, 2.05) is 36.4 Å². The van der Waals surface area contributed by atoms with Crippen molar-refractivity contribution in [3.8, 4) is 5.75 Å². The van der Waals surface area contributed by atoms with Gasteiger partial charge in [-0.1, -0.05) is 70.1 Å². The topological polar surface area (TPSA) is 22.2 Å². The van der Waals surface area contributed by atoms with E-state index in [9.17, 15) is 0 Å². The van der Waals surface area contributed by atoms with Crippen LogP contribution in [0.4, 0.5) is 11.4 Å². The maximum atomic E-state index is 6.69. The molecule has 0 aliphatic carbocycles. The number of halogens is 5. The third-order valence-corrected chi connectivity index (χ3v) is 12.5. The molecule has 3 aromatic carbocycles. The molecule has 2 heterocycles. The van der Waals surface area contributed by atoms with Gasteiger partial charge in [-0.05, 0) is 54.3 Å². The Morgan fingerprint density at radius 3 is 1.47 bits per heavy atom. The van der Waals surface area contributed by atoms with Gasteiger partial charge in [-0.2, -0.15) is 0 Å². The van der Waals surface area contributed by atoms with Crippen molar-refractivity contribution >= 4 is 87.8 Å². The van der Waals surface area contributed by atoms with E-state index in [0.29, 0.717) is 20.8 Å². The summed E-state index contributed by atoms with van der Waals surface area (Å²) in [4.78, 5) is 4.65. The standard InChI is InChI=1S/C26H26Cl5N4OPS/c27-19-3-1-5-21(15-19)32-7-11-34(12-8-32)37(38,36-26-18-24(30)23(29)17-25(26)31)35-13-9-33(10-14-35)22-6-2-4-20(28)16-22/h1-6,15-18H,7-14H2. The van der Waals surface area contributed by atoms with Gasteiger partial charge in [0.2, 0.25) is 0 Å². The first-order valence-electron chi connectivity index (χ1n) is 12.2. The molecular weight excluding hydrogens is 625 g/mol. The predicted molar refractivity (Wildman–Crippen MR) is 167 cm³/mol. The molecule has 2 aliphatic heterocycles. The summed E-state index contributed by atoms with van der Waals surface area (Å²) < 4.78 is 11.3. The molecular formula is C26H26Cl5N4OPS. The van der Waals surface area contributed by atoms with Gasteiger partial charge >= 0.3 is 0 Å². The molecule has 0 spiro atoms. The number of benzene rings is 3. The fourth-order valence-electron chi connectivity index (χ4n) is 4.76. The lowest BCUT2D eigenvalue weighted by Crippen LogP contribution is -2.51. The smallest absolute Gasteiger partial charge is 0.253 e. The van der Waals surface area contributed by atoms with Crippen molar-refractivity contribution < 1.29 is 4.52 Å². The highest BCUT2D eigenvalue weighted by Crippen LogP contribution is 2.56. The monoisotopic (exact) mass is 648 g/mol. The highest BCUT2D eigenvalue weighted by atomic mass is 35.5. The Morgan fingerprint density at radius 2 is 1.03 bits per heavy atom. The van der Waals surface area contributed by atoms with Gasteiger partial charge < -0.3 is 14.3 Å². The Labute approximate surface area is 253 Å². The fraction of sp³-hybridized carbons (Fsp3) is 0.308. The van der Waals surface area contributed by atoms with Crippen LogP contribution in [-0.4, -0.2) is 61.7 Å². The molecule has 0 radical (unpaired) electrons. The molecule has 2 aliphatic rings. The maximum Gasteiger partial charge on any atom is 0.253 e. The highest BCUT2D eigenvalue weighted by molar-refractivity contribution is 8.10. The van der Waals surface area contributed by atoms with Crippen molar-refractivity contribution in [2.45, 2.75) is 0 Å². The summed E-state index contributed by atoms with van der Waals surface area (Å²) in [5.41, 5.74) is 2.21. The number of rotatable bonds is 6. The molecule has 0 N–H and O–H groups in total. The lowest BCUT2D eigenvalue weighted by molar-refractivity contribution is 0.306. The average molecular weight is 651 g/mol. The summed E-state index contributed by atoms with van der Waals surface area (Å²) in [6.07, 6.45) is 0. The van der Waals surface area contributed by atoms with Crippen LogP contribution in [0.2, 0.25) is 25.1 Å². The van der Waals surface area contributed by atoms with Crippen molar-refractivity contribution in [3.05, 3.63) is 85.8 Å². The SMILES string of the molecule is S=P(Oc1cc(Cl)c(Cl)cc1Cl)(N1CCN(c2cccc(Cl)c2)CC1)N1CCN(c2cccc(Cl)c2)CC1. The third-order valence-electron chi connectivity index (χ3n) is 6.77. The normalized spacial score (nSPS) is 17.6. The zero-order chi connectivity index (χ0) is 26.9. The van der Waals surface area contributed by atoms with Crippen LogP contribution in [0.25, 0.3) is 0 Å². The van der Waals surface area contributed by atoms with Gasteiger partial charge in [0.15, 0.2) is 0 Å². The Morgan fingerprint density at radius 1 is 0.579 bits per heavy atom. The number of nitrogens with zero attached hydrogens (tertiary/aromatic N) is 4. The summed E-state index contributed by atoms with van der Waals surface area (Å²) in [6, 6.07) is 19.1. The van der Waals surface area contributed by atoms with E-state index < -0.39 is 6.57 Å². The molecule has 202 valence electrons. The molecule has 5 rings (SSSR count). The van der Waals surface area contributed by atoms with Crippen molar-refractivity contribution in [1.82, 2.24) is 9.34 Å². The second kappa shape index (κ2) is 12.3. The largest absolute Gasteiger partial charge is 0.439 e. The first kappa shape index (κ1) is 28.6.